The zero-order chi connectivity index (χ0) is 28.2. The highest BCUT2D eigenvalue weighted by molar-refractivity contribution is 5.98. The third kappa shape index (κ3) is 9.84. The van der Waals surface area contributed by atoms with Crippen LogP contribution < -0.4 is 11.1 Å². The lowest BCUT2D eigenvalue weighted by molar-refractivity contribution is 0.0238. The third-order valence-corrected chi connectivity index (χ3v) is 6.52. The Morgan fingerprint density at radius 3 is 2.29 bits per heavy atom. The monoisotopic (exact) mass is 527 g/mol. The minimum Gasteiger partial charge on any atom is -0.456 e. The fourth-order valence-corrected chi connectivity index (χ4v) is 4.35. The number of aryl methyl sites for hydroxylation is 2. The van der Waals surface area contributed by atoms with E-state index in [-0.39, 0.29) is 11.7 Å². The maximum atomic E-state index is 14.1. The van der Waals surface area contributed by atoms with Gasteiger partial charge in [-0.15, -0.1) is 0 Å². The molecule has 0 heterocycles. The van der Waals surface area contributed by atoms with Crippen LogP contribution in [0, 0.1) is 25.6 Å². The Morgan fingerprint density at radius 2 is 1.68 bits per heavy atom. The molecule has 2 aromatic rings. The first-order valence-electron chi connectivity index (χ1n) is 13.9. The molecule has 0 saturated heterocycles. The molecule has 1 amide bonds. The van der Waals surface area contributed by atoms with Crippen LogP contribution in [-0.2, 0) is 11.2 Å². The second kappa shape index (κ2) is 15.6. The molecule has 0 aliphatic rings. The van der Waals surface area contributed by atoms with Gasteiger partial charge in [0, 0.05) is 31.2 Å². The summed E-state index contributed by atoms with van der Waals surface area (Å²) in [6, 6.07) is 9.67. The number of amides is 1. The normalized spacial score (nSPS) is 12.9. The Morgan fingerprint density at radius 1 is 1.03 bits per heavy atom. The number of carbonyl (C=O) groups is 2. The Kier molecular flexibility index (Phi) is 12.9. The van der Waals surface area contributed by atoms with E-state index in [1.165, 1.54) is 6.07 Å². The van der Waals surface area contributed by atoms with Crippen molar-refractivity contribution in [3.05, 3.63) is 70.0 Å². The number of carbonyl (C=O) groups excluding carboxylic acids is 2. The average molecular weight is 528 g/mol. The molecule has 2 rings (SSSR count). The number of ether oxygens (including phenoxy) is 1. The highest BCUT2D eigenvalue weighted by Crippen LogP contribution is 2.17. The molecule has 0 spiro atoms. The molecular formula is C31H46FN3O3. The molecule has 0 aliphatic carbocycles. The van der Waals surface area contributed by atoms with Crippen LogP contribution in [-0.4, -0.2) is 55.1 Å². The molecule has 0 saturated carbocycles. The minimum atomic E-state index is -0.629. The summed E-state index contributed by atoms with van der Waals surface area (Å²) in [6.45, 7) is 14.4. The van der Waals surface area contributed by atoms with Gasteiger partial charge in [-0.25, -0.2) is 9.18 Å². The van der Waals surface area contributed by atoms with E-state index in [2.05, 4.69) is 19.2 Å². The Hall–Kier alpha value is -2.77. The summed E-state index contributed by atoms with van der Waals surface area (Å²) < 4.78 is 20.0. The summed E-state index contributed by atoms with van der Waals surface area (Å²) in [5.41, 5.74) is 9.45. The number of benzene rings is 2. The number of hydrogen-bond acceptors (Lipinski definition) is 5. The second-order valence-corrected chi connectivity index (χ2v) is 10.7. The van der Waals surface area contributed by atoms with Gasteiger partial charge in [0.15, 0.2) is 0 Å². The number of nitrogens with two attached hydrogens (primary N) is 1. The molecule has 3 N–H and O–H groups in total. The van der Waals surface area contributed by atoms with Crippen molar-refractivity contribution in [1.29, 1.82) is 0 Å². The van der Waals surface area contributed by atoms with Crippen LogP contribution in [0.2, 0.25) is 0 Å². The number of hydrogen-bond donors (Lipinski definition) is 2. The van der Waals surface area contributed by atoms with E-state index < -0.39 is 18.1 Å². The number of esters is 1. The fourth-order valence-electron chi connectivity index (χ4n) is 4.35. The summed E-state index contributed by atoms with van der Waals surface area (Å²) in [4.78, 5) is 28.3. The predicted octanol–water partition coefficient (Wildman–Crippen LogP) is 5.44. The molecule has 0 bridgehead atoms. The van der Waals surface area contributed by atoms with Crippen LogP contribution in [0.1, 0.15) is 84.4 Å². The first-order chi connectivity index (χ1) is 18.0. The zero-order valence-electron chi connectivity index (χ0n) is 24.0. The molecule has 0 radical (unpaired) electrons. The van der Waals surface area contributed by atoms with Gasteiger partial charge < -0.3 is 20.7 Å². The fraction of sp³-hybridized carbons (Fsp3) is 0.548. The van der Waals surface area contributed by atoms with E-state index >= 15 is 0 Å². The second-order valence-electron chi connectivity index (χ2n) is 10.7. The van der Waals surface area contributed by atoms with Crippen LogP contribution in [0.5, 0.6) is 0 Å². The molecule has 2 atom stereocenters. The van der Waals surface area contributed by atoms with E-state index in [1.807, 2.05) is 31.7 Å². The van der Waals surface area contributed by atoms with Crippen molar-refractivity contribution in [1.82, 2.24) is 10.2 Å². The summed E-state index contributed by atoms with van der Waals surface area (Å²) in [7, 11) is 0. The lowest BCUT2D eigenvalue weighted by Gasteiger charge is -2.25. The predicted molar refractivity (Wildman–Crippen MR) is 152 cm³/mol. The van der Waals surface area contributed by atoms with E-state index in [9.17, 15) is 14.0 Å². The molecule has 0 fully saturated rings. The van der Waals surface area contributed by atoms with Crippen molar-refractivity contribution in [2.24, 2.45) is 11.7 Å². The molecule has 38 heavy (non-hydrogen) atoms. The zero-order valence-corrected chi connectivity index (χ0v) is 24.0. The Bertz CT molecular complexity index is 1050. The maximum absolute atomic E-state index is 14.1. The molecule has 0 aromatic heterocycles. The van der Waals surface area contributed by atoms with Gasteiger partial charge in [0.25, 0.3) is 5.91 Å². The molecule has 0 aliphatic heterocycles. The smallest absolute Gasteiger partial charge is 0.338 e. The first kappa shape index (κ1) is 31.4. The quantitative estimate of drug-likeness (QED) is 0.238. The molecule has 6 nitrogen and oxygen atoms in total. The maximum Gasteiger partial charge on any atom is 0.338 e. The average Bonchev–Trinajstić information content (AvgIpc) is 2.86. The van der Waals surface area contributed by atoms with Crippen LogP contribution in [0.3, 0.4) is 0 Å². The summed E-state index contributed by atoms with van der Waals surface area (Å²) in [6.07, 6.45) is 2.44. The number of nitrogens with one attached hydrogen (secondary N) is 1. The third-order valence-electron chi connectivity index (χ3n) is 6.52. The minimum absolute atomic E-state index is 0.0866. The van der Waals surface area contributed by atoms with Crippen LogP contribution >= 0.6 is 0 Å². The van der Waals surface area contributed by atoms with Crippen molar-refractivity contribution in [2.45, 2.75) is 79.4 Å². The first-order valence-corrected chi connectivity index (χ1v) is 13.9. The summed E-state index contributed by atoms with van der Waals surface area (Å²) >= 11 is 0. The van der Waals surface area contributed by atoms with Crippen molar-refractivity contribution in [3.8, 4) is 0 Å². The van der Waals surface area contributed by atoms with Gasteiger partial charge in [-0.3, -0.25) is 4.79 Å². The van der Waals surface area contributed by atoms with Crippen molar-refractivity contribution in [2.75, 3.05) is 26.2 Å². The molecule has 210 valence electrons. The lowest BCUT2D eigenvalue weighted by Crippen LogP contribution is -2.46. The standard InChI is InChI=1S/C31H46FN3O3/c1-7-13-35(14-8-2)30(36)25-15-22(5)16-26(19-25)31(37)38-29(20-34-12-11-21(3)4)28(33)18-24-10-9-23(6)27(32)17-24/h9-10,15-17,19,21,28-29,34H,7-8,11-14,18,20,33H2,1-6H3/t28-,29+/m0/s1. The van der Waals surface area contributed by atoms with E-state index in [1.54, 1.807) is 31.2 Å². The molecular weight excluding hydrogens is 481 g/mol. The van der Waals surface area contributed by atoms with E-state index in [0.29, 0.717) is 48.7 Å². The molecule has 2 aromatic carbocycles. The van der Waals surface area contributed by atoms with Gasteiger partial charge in [0.05, 0.1) is 5.56 Å². The van der Waals surface area contributed by atoms with Crippen LogP contribution in [0.25, 0.3) is 0 Å². The highest BCUT2D eigenvalue weighted by Gasteiger charge is 2.25. The largest absolute Gasteiger partial charge is 0.456 e. The summed E-state index contributed by atoms with van der Waals surface area (Å²) in [5, 5.41) is 3.35. The van der Waals surface area contributed by atoms with E-state index in [0.717, 1.165) is 36.9 Å². The van der Waals surface area contributed by atoms with Crippen molar-refractivity contribution >= 4 is 11.9 Å². The lowest BCUT2D eigenvalue weighted by atomic mass is 10.00. The number of nitrogens with zero attached hydrogens (tertiary/aromatic N) is 1. The SMILES string of the molecule is CCCN(CCC)C(=O)c1cc(C)cc(C(=O)O[C@H](CNCCC(C)C)[C@@H](N)Cc2ccc(C)c(F)c2)c1. The van der Waals surface area contributed by atoms with Crippen molar-refractivity contribution in [3.63, 3.8) is 0 Å². The van der Waals surface area contributed by atoms with Gasteiger partial charge in [-0.2, -0.15) is 0 Å². The van der Waals surface area contributed by atoms with E-state index in [4.69, 9.17) is 10.5 Å². The Labute approximate surface area is 228 Å². The summed E-state index contributed by atoms with van der Waals surface area (Å²) in [5.74, 6) is -0.357. The van der Waals surface area contributed by atoms with Gasteiger partial charge in [0.1, 0.15) is 11.9 Å². The topological polar surface area (TPSA) is 84.7 Å². The van der Waals surface area contributed by atoms with Crippen LogP contribution in [0.4, 0.5) is 4.39 Å². The van der Waals surface area contributed by atoms with Crippen molar-refractivity contribution < 1.29 is 18.7 Å². The van der Waals surface area contributed by atoms with Crippen LogP contribution in [0.15, 0.2) is 36.4 Å². The van der Waals surface area contributed by atoms with Gasteiger partial charge in [0.2, 0.25) is 0 Å². The van der Waals surface area contributed by atoms with Gasteiger partial charge >= 0.3 is 5.97 Å². The van der Waals surface area contributed by atoms with Gasteiger partial charge in [-0.05, 0) is 92.9 Å². The number of halogens is 1. The number of rotatable bonds is 15. The molecule has 0 unspecified atom stereocenters. The molecule has 7 heteroatoms. The highest BCUT2D eigenvalue weighted by atomic mass is 19.1. The Balaban J connectivity index is 2.23. The van der Waals surface area contributed by atoms with Gasteiger partial charge in [-0.1, -0.05) is 39.8 Å².